The summed E-state index contributed by atoms with van der Waals surface area (Å²) in [4.78, 5) is 21.3. The van der Waals surface area contributed by atoms with Gasteiger partial charge in [-0.3, -0.25) is 9.79 Å². The summed E-state index contributed by atoms with van der Waals surface area (Å²) in [6.07, 6.45) is 0.695. The highest BCUT2D eigenvalue weighted by Crippen LogP contribution is 2.25. The van der Waals surface area contributed by atoms with Gasteiger partial charge in [0.25, 0.3) is 10.0 Å². The highest BCUT2D eigenvalue weighted by Gasteiger charge is 2.23. The average molecular weight is 444 g/mol. The van der Waals surface area contributed by atoms with Gasteiger partial charge in [-0.15, -0.1) is 11.3 Å². The van der Waals surface area contributed by atoms with Crippen LogP contribution in [-0.2, 0) is 21.2 Å². The minimum absolute atomic E-state index is 0.111. The molecule has 1 aliphatic heterocycles. The molecule has 10 heteroatoms. The second-order valence-corrected chi connectivity index (χ2v) is 10.1. The number of nitrogens with one attached hydrogen (secondary N) is 1. The van der Waals surface area contributed by atoms with E-state index in [1.54, 1.807) is 13.0 Å². The SMILES string of the molecule is CCNC(=NCCc1ccc(S(=O)(=O)N(CC)CC)s1)N1CCN(C(C)=O)CC1. The van der Waals surface area contributed by atoms with Crippen molar-refractivity contribution in [2.24, 2.45) is 4.99 Å². The maximum Gasteiger partial charge on any atom is 0.252 e. The Morgan fingerprint density at radius 2 is 1.76 bits per heavy atom. The maximum atomic E-state index is 12.6. The average Bonchev–Trinajstić information content (AvgIpc) is 3.18. The molecule has 1 amide bonds. The lowest BCUT2D eigenvalue weighted by atomic mass is 10.3. The summed E-state index contributed by atoms with van der Waals surface area (Å²) in [6, 6.07) is 3.58. The van der Waals surface area contributed by atoms with E-state index >= 15 is 0 Å². The number of amides is 1. The third-order valence-corrected chi connectivity index (χ3v) is 8.58. The first-order valence-corrected chi connectivity index (χ1v) is 12.5. The molecule has 164 valence electrons. The highest BCUT2D eigenvalue weighted by atomic mass is 32.2. The first-order chi connectivity index (χ1) is 13.8. The normalized spacial score (nSPS) is 15.8. The number of carbonyl (C=O) groups excluding carboxylic acids is 1. The van der Waals surface area contributed by atoms with Crippen LogP contribution >= 0.6 is 11.3 Å². The molecule has 1 aliphatic rings. The van der Waals surface area contributed by atoms with Crippen molar-refractivity contribution in [2.45, 2.75) is 38.3 Å². The maximum absolute atomic E-state index is 12.6. The van der Waals surface area contributed by atoms with Gasteiger partial charge in [0, 0.05) is 70.6 Å². The van der Waals surface area contributed by atoms with Crippen LogP contribution in [0.1, 0.15) is 32.6 Å². The van der Waals surface area contributed by atoms with Gasteiger partial charge in [0.15, 0.2) is 5.96 Å². The molecule has 1 fully saturated rings. The Labute approximate surface area is 178 Å². The summed E-state index contributed by atoms with van der Waals surface area (Å²) in [5.74, 6) is 0.961. The lowest BCUT2D eigenvalue weighted by Crippen LogP contribution is -2.53. The second-order valence-electron chi connectivity index (χ2n) is 6.79. The number of nitrogens with zero attached hydrogens (tertiary/aromatic N) is 4. The monoisotopic (exact) mass is 443 g/mol. The zero-order valence-electron chi connectivity index (χ0n) is 17.8. The van der Waals surface area contributed by atoms with Crippen molar-refractivity contribution in [3.63, 3.8) is 0 Å². The first-order valence-electron chi connectivity index (χ1n) is 10.2. The van der Waals surface area contributed by atoms with E-state index in [1.807, 2.05) is 31.7 Å². The number of rotatable bonds is 8. The fourth-order valence-corrected chi connectivity index (χ4v) is 6.21. The minimum atomic E-state index is -3.40. The number of piperazine rings is 1. The van der Waals surface area contributed by atoms with Gasteiger partial charge in [0.05, 0.1) is 0 Å². The summed E-state index contributed by atoms with van der Waals surface area (Å²) in [5, 5.41) is 3.32. The molecule has 1 aromatic rings. The van der Waals surface area contributed by atoms with E-state index in [4.69, 9.17) is 4.99 Å². The van der Waals surface area contributed by atoms with Crippen molar-refractivity contribution in [3.8, 4) is 0 Å². The molecular weight excluding hydrogens is 410 g/mol. The van der Waals surface area contributed by atoms with Gasteiger partial charge in [0.1, 0.15) is 4.21 Å². The van der Waals surface area contributed by atoms with E-state index in [0.717, 1.165) is 30.5 Å². The van der Waals surface area contributed by atoms with Gasteiger partial charge >= 0.3 is 0 Å². The topological polar surface area (TPSA) is 85.3 Å². The largest absolute Gasteiger partial charge is 0.357 e. The fourth-order valence-electron chi connectivity index (χ4n) is 3.25. The number of hydrogen-bond donors (Lipinski definition) is 1. The van der Waals surface area contributed by atoms with Crippen molar-refractivity contribution in [2.75, 3.05) is 52.4 Å². The van der Waals surface area contributed by atoms with Gasteiger partial charge in [-0.1, -0.05) is 13.8 Å². The molecule has 1 saturated heterocycles. The van der Waals surface area contributed by atoms with Crippen LogP contribution in [0, 0.1) is 0 Å². The van der Waals surface area contributed by atoms with E-state index in [-0.39, 0.29) is 5.91 Å². The number of sulfonamides is 1. The molecule has 29 heavy (non-hydrogen) atoms. The first kappa shape index (κ1) is 23.6. The zero-order valence-corrected chi connectivity index (χ0v) is 19.5. The molecular formula is C19H33N5O3S2. The van der Waals surface area contributed by atoms with Gasteiger partial charge in [-0.25, -0.2) is 8.42 Å². The van der Waals surface area contributed by atoms with Crippen molar-refractivity contribution in [1.29, 1.82) is 0 Å². The minimum Gasteiger partial charge on any atom is -0.357 e. The van der Waals surface area contributed by atoms with Crippen LogP contribution in [-0.4, -0.2) is 86.7 Å². The van der Waals surface area contributed by atoms with Crippen molar-refractivity contribution < 1.29 is 13.2 Å². The Balaban J connectivity index is 1.98. The Morgan fingerprint density at radius 3 is 2.31 bits per heavy atom. The predicted molar refractivity (Wildman–Crippen MR) is 118 cm³/mol. The molecule has 0 atom stereocenters. The molecule has 1 N–H and O–H groups in total. The summed E-state index contributed by atoms with van der Waals surface area (Å²) in [6.45, 7) is 12.6. The van der Waals surface area contributed by atoms with Crippen LogP contribution in [0.5, 0.6) is 0 Å². The smallest absolute Gasteiger partial charge is 0.252 e. The number of hydrogen-bond acceptors (Lipinski definition) is 5. The van der Waals surface area contributed by atoms with Crippen LogP contribution < -0.4 is 5.32 Å². The molecule has 0 spiro atoms. The summed E-state index contributed by atoms with van der Waals surface area (Å²) in [5.41, 5.74) is 0. The van der Waals surface area contributed by atoms with Gasteiger partial charge in [0.2, 0.25) is 5.91 Å². The lowest BCUT2D eigenvalue weighted by molar-refractivity contribution is -0.130. The fraction of sp³-hybridized carbons (Fsp3) is 0.684. The summed E-state index contributed by atoms with van der Waals surface area (Å²) in [7, 11) is -3.40. The van der Waals surface area contributed by atoms with E-state index in [0.29, 0.717) is 43.4 Å². The van der Waals surface area contributed by atoms with Crippen LogP contribution in [0.15, 0.2) is 21.3 Å². The van der Waals surface area contributed by atoms with Gasteiger partial charge < -0.3 is 15.1 Å². The molecule has 1 aromatic heterocycles. The van der Waals surface area contributed by atoms with Crippen molar-refractivity contribution in [3.05, 3.63) is 17.0 Å². The molecule has 2 heterocycles. The molecule has 0 aromatic carbocycles. The molecule has 0 saturated carbocycles. The summed E-state index contributed by atoms with van der Waals surface area (Å²) >= 11 is 1.33. The predicted octanol–water partition coefficient (Wildman–Crippen LogP) is 1.45. The van der Waals surface area contributed by atoms with E-state index in [1.165, 1.54) is 15.6 Å². The molecule has 0 unspecified atom stereocenters. The van der Waals surface area contributed by atoms with Crippen LogP contribution in [0.4, 0.5) is 0 Å². The number of aliphatic imine (C=N–C) groups is 1. The highest BCUT2D eigenvalue weighted by molar-refractivity contribution is 7.91. The van der Waals surface area contributed by atoms with E-state index in [2.05, 4.69) is 10.2 Å². The van der Waals surface area contributed by atoms with Crippen LogP contribution in [0.2, 0.25) is 0 Å². The quantitative estimate of drug-likeness (QED) is 0.486. The lowest BCUT2D eigenvalue weighted by Gasteiger charge is -2.36. The van der Waals surface area contributed by atoms with Crippen LogP contribution in [0.25, 0.3) is 0 Å². The third kappa shape index (κ3) is 6.16. The molecule has 0 radical (unpaired) electrons. The Kier molecular flexibility index (Phi) is 8.91. The Hall–Kier alpha value is -1.65. The number of thiophene rings is 1. The molecule has 8 nitrogen and oxygen atoms in total. The standard InChI is InChI=1S/C19H33N5O3S2/c1-5-20-19(23-14-12-22(13-15-23)16(4)25)21-11-10-17-8-9-18(28-17)29(26,27)24(6-2)7-3/h8-9H,5-7,10-15H2,1-4H3,(H,20,21). The molecule has 0 bridgehead atoms. The van der Waals surface area contributed by atoms with E-state index < -0.39 is 10.0 Å². The van der Waals surface area contributed by atoms with E-state index in [9.17, 15) is 13.2 Å². The number of carbonyl (C=O) groups is 1. The third-order valence-electron chi connectivity index (χ3n) is 4.92. The molecule has 2 rings (SSSR count). The van der Waals surface area contributed by atoms with Gasteiger partial charge in [-0.2, -0.15) is 4.31 Å². The Morgan fingerprint density at radius 1 is 1.14 bits per heavy atom. The van der Waals surface area contributed by atoms with Crippen LogP contribution in [0.3, 0.4) is 0 Å². The van der Waals surface area contributed by atoms with Crippen molar-refractivity contribution >= 4 is 33.2 Å². The second kappa shape index (κ2) is 10.9. The summed E-state index contributed by atoms with van der Waals surface area (Å²) < 4.78 is 27.1. The number of guanidine groups is 1. The zero-order chi connectivity index (χ0) is 21.4. The van der Waals surface area contributed by atoms with Gasteiger partial charge in [-0.05, 0) is 19.1 Å². The Bertz CT molecular complexity index is 795. The van der Waals surface area contributed by atoms with Crippen molar-refractivity contribution in [1.82, 2.24) is 19.4 Å². The molecule has 0 aliphatic carbocycles.